The minimum atomic E-state index is -0.362. The Balaban J connectivity index is 3.03. The fourth-order valence-corrected chi connectivity index (χ4v) is 0.326. The smallest absolute Gasteiger partial charge is 0.288 e. The standard InChI is InChI=1S/C4H4N3O/c5-3-1-7-4(8)2-6-3/h1-2H,(H2,5,6). The molecule has 41 valence electrons. The first kappa shape index (κ1) is 4.83. The fourth-order valence-electron chi connectivity index (χ4n) is 0.326. The average Bonchev–Trinajstić information content (AvgIpc) is 1.77. The molecule has 2 N–H and O–H groups in total. The molecule has 0 bridgehead atoms. The molecule has 1 aromatic rings. The van der Waals surface area contributed by atoms with Gasteiger partial charge in [0.2, 0.25) is 0 Å². The molecule has 1 rings (SSSR count). The van der Waals surface area contributed by atoms with Crippen LogP contribution < -0.4 is 5.73 Å². The molecular weight excluding hydrogens is 106 g/mol. The van der Waals surface area contributed by atoms with E-state index in [4.69, 9.17) is 5.73 Å². The maximum Gasteiger partial charge on any atom is 0.288 e. The van der Waals surface area contributed by atoms with Gasteiger partial charge >= 0.3 is 0 Å². The lowest BCUT2D eigenvalue weighted by Crippen LogP contribution is -1.88. The van der Waals surface area contributed by atoms with Crippen molar-refractivity contribution in [2.75, 3.05) is 5.73 Å². The summed E-state index contributed by atoms with van der Waals surface area (Å²) in [6, 6.07) is 0. The normalized spacial score (nSPS) is 9.00. The van der Waals surface area contributed by atoms with Crippen molar-refractivity contribution in [2.45, 2.75) is 0 Å². The Hall–Kier alpha value is -1.32. The van der Waals surface area contributed by atoms with E-state index in [1.54, 1.807) is 0 Å². The molecule has 0 unspecified atom stereocenters. The number of nitrogens with two attached hydrogens (primary N) is 1. The van der Waals surface area contributed by atoms with E-state index in [1.165, 1.54) is 6.20 Å². The molecule has 0 aliphatic heterocycles. The molecule has 0 aliphatic carbocycles. The van der Waals surface area contributed by atoms with E-state index in [1.807, 2.05) is 0 Å². The summed E-state index contributed by atoms with van der Waals surface area (Å²) in [6.07, 6.45) is 2.30. The van der Waals surface area contributed by atoms with Gasteiger partial charge in [-0.1, -0.05) is 0 Å². The molecule has 4 nitrogen and oxygen atoms in total. The summed E-state index contributed by atoms with van der Waals surface area (Å²) in [4.78, 5) is 6.82. The highest BCUT2D eigenvalue weighted by atomic mass is 16.3. The second-order valence-electron chi connectivity index (χ2n) is 1.28. The van der Waals surface area contributed by atoms with Crippen LogP contribution in [0.5, 0.6) is 5.88 Å². The van der Waals surface area contributed by atoms with Crippen molar-refractivity contribution < 1.29 is 5.11 Å². The van der Waals surface area contributed by atoms with Crippen molar-refractivity contribution in [3.63, 3.8) is 0 Å². The molecule has 1 aromatic heterocycles. The highest BCUT2D eigenvalue weighted by Crippen LogP contribution is 2.00. The van der Waals surface area contributed by atoms with Gasteiger partial charge in [-0.15, -0.1) is 0 Å². The summed E-state index contributed by atoms with van der Waals surface area (Å²) in [5.74, 6) is -0.0937. The summed E-state index contributed by atoms with van der Waals surface area (Å²) >= 11 is 0. The number of hydrogen-bond donors (Lipinski definition) is 1. The van der Waals surface area contributed by atoms with E-state index in [9.17, 15) is 5.11 Å². The van der Waals surface area contributed by atoms with Crippen LogP contribution in [-0.2, 0) is 5.11 Å². The van der Waals surface area contributed by atoms with Crippen LogP contribution in [-0.4, -0.2) is 9.97 Å². The molecule has 4 heteroatoms. The molecule has 0 aromatic carbocycles. The fraction of sp³-hybridized carbons (Fsp3) is 0. The molecular formula is C4H4N3O. The third-order valence-corrected chi connectivity index (χ3v) is 0.648. The monoisotopic (exact) mass is 110 g/mol. The van der Waals surface area contributed by atoms with E-state index in [2.05, 4.69) is 9.97 Å². The third-order valence-electron chi connectivity index (χ3n) is 0.648. The zero-order valence-corrected chi connectivity index (χ0v) is 4.03. The molecule has 0 saturated carbocycles. The predicted octanol–water partition coefficient (Wildman–Crippen LogP) is 0.203. The van der Waals surface area contributed by atoms with Gasteiger partial charge in [-0.25, -0.2) is 9.97 Å². The Bertz CT molecular complexity index is 150. The van der Waals surface area contributed by atoms with Gasteiger partial charge in [0.05, 0.1) is 12.4 Å². The molecule has 0 aliphatic rings. The van der Waals surface area contributed by atoms with Crippen LogP contribution in [0.25, 0.3) is 0 Å². The van der Waals surface area contributed by atoms with Gasteiger partial charge in [-0.2, -0.15) is 0 Å². The van der Waals surface area contributed by atoms with E-state index < -0.39 is 0 Å². The number of hydrogen-bond acceptors (Lipinski definition) is 3. The van der Waals surface area contributed by atoms with Crippen molar-refractivity contribution in [2.24, 2.45) is 0 Å². The molecule has 1 radical (unpaired) electrons. The van der Waals surface area contributed by atoms with Crippen LogP contribution in [0.2, 0.25) is 0 Å². The first-order valence-corrected chi connectivity index (χ1v) is 2.03. The molecule has 0 fully saturated rings. The Kier molecular flexibility index (Phi) is 0.997. The van der Waals surface area contributed by atoms with E-state index in [0.717, 1.165) is 6.20 Å². The quantitative estimate of drug-likeness (QED) is 0.518. The SMILES string of the molecule is Nc1cnc([O])cn1. The minimum absolute atomic E-state index is 0.268. The Labute approximate surface area is 46.0 Å². The Morgan fingerprint density at radius 3 is 2.50 bits per heavy atom. The van der Waals surface area contributed by atoms with Gasteiger partial charge in [0.15, 0.2) is 0 Å². The highest BCUT2D eigenvalue weighted by Gasteiger charge is 1.88. The number of rotatable bonds is 0. The first-order chi connectivity index (χ1) is 3.79. The summed E-state index contributed by atoms with van der Waals surface area (Å²) < 4.78 is 0. The van der Waals surface area contributed by atoms with Crippen molar-refractivity contribution in [1.82, 2.24) is 9.97 Å². The lowest BCUT2D eigenvalue weighted by atomic mass is 10.7. The lowest BCUT2D eigenvalue weighted by molar-refractivity contribution is 0.335. The van der Waals surface area contributed by atoms with Gasteiger partial charge in [-0.05, 0) is 0 Å². The van der Waals surface area contributed by atoms with Gasteiger partial charge in [0.1, 0.15) is 5.82 Å². The van der Waals surface area contributed by atoms with Crippen molar-refractivity contribution >= 4 is 5.82 Å². The number of anilines is 1. The second-order valence-corrected chi connectivity index (χ2v) is 1.28. The number of aromatic nitrogens is 2. The van der Waals surface area contributed by atoms with Crippen LogP contribution in [0.1, 0.15) is 0 Å². The zero-order chi connectivity index (χ0) is 5.98. The van der Waals surface area contributed by atoms with Crippen LogP contribution in [0, 0.1) is 0 Å². The molecule has 1 heterocycles. The van der Waals surface area contributed by atoms with Gasteiger partial charge < -0.3 is 5.73 Å². The summed E-state index contributed by atoms with van der Waals surface area (Å²) in [6.45, 7) is 0. The molecule has 0 saturated heterocycles. The molecule has 0 spiro atoms. The van der Waals surface area contributed by atoms with E-state index >= 15 is 0 Å². The summed E-state index contributed by atoms with van der Waals surface area (Å²) in [5.41, 5.74) is 5.11. The average molecular weight is 110 g/mol. The second kappa shape index (κ2) is 1.65. The van der Waals surface area contributed by atoms with Crippen molar-refractivity contribution in [1.29, 1.82) is 0 Å². The maximum atomic E-state index is 10.2. The van der Waals surface area contributed by atoms with E-state index in [-0.39, 0.29) is 11.7 Å². The van der Waals surface area contributed by atoms with Gasteiger partial charge in [-0.3, -0.25) is 5.11 Å². The molecule has 0 atom stereocenters. The molecule has 8 heavy (non-hydrogen) atoms. The maximum absolute atomic E-state index is 10.2. The Morgan fingerprint density at radius 1 is 1.38 bits per heavy atom. The third kappa shape index (κ3) is 0.841. The zero-order valence-electron chi connectivity index (χ0n) is 4.03. The van der Waals surface area contributed by atoms with Gasteiger partial charge in [0.25, 0.3) is 5.88 Å². The van der Waals surface area contributed by atoms with E-state index in [0.29, 0.717) is 0 Å². The number of nitrogens with zero attached hydrogens (tertiary/aromatic N) is 2. The topological polar surface area (TPSA) is 71.7 Å². The largest absolute Gasteiger partial charge is 0.382 e. The van der Waals surface area contributed by atoms with Crippen LogP contribution in [0.3, 0.4) is 0 Å². The summed E-state index contributed by atoms with van der Waals surface area (Å²) in [7, 11) is 0. The highest BCUT2D eigenvalue weighted by molar-refractivity contribution is 5.23. The summed E-state index contributed by atoms with van der Waals surface area (Å²) in [5, 5.41) is 10.2. The van der Waals surface area contributed by atoms with Crippen LogP contribution >= 0.6 is 0 Å². The van der Waals surface area contributed by atoms with Crippen molar-refractivity contribution in [3.05, 3.63) is 12.4 Å². The predicted molar refractivity (Wildman–Crippen MR) is 26.6 cm³/mol. The first-order valence-electron chi connectivity index (χ1n) is 2.03. The number of nitrogen functional groups attached to an aromatic ring is 1. The minimum Gasteiger partial charge on any atom is -0.382 e. The van der Waals surface area contributed by atoms with Crippen LogP contribution in [0.4, 0.5) is 5.82 Å². The Morgan fingerprint density at radius 2 is 2.12 bits per heavy atom. The lowest BCUT2D eigenvalue weighted by Gasteiger charge is -1.85. The van der Waals surface area contributed by atoms with Crippen LogP contribution in [0.15, 0.2) is 12.4 Å². The van der Waals surface area contributed by atoms with Crippen molar-refractivity contribution in [3.8, 4) is 5.88 Å². The van der Waals surface area contributed by atoms with Gasteiger partial charge in [0, 0.05) is 0 Å². The molecule has 0 amide bonds.